The standard InChI is InChI=1S/C13H22N4OS/c1-3-15-13(18)12-10(14)8-11(19-12)16-9-4-6-17(2)7-5-9/h8-9,16H,3-7,14H2,1-2H3,(H,15,18). The first-order valence-corrected chi connectivity index (χ1v) is 7.54. The Bertz CT molecular complexity index is 438. The molecule has 0 aliphatic carbocycles. The summed E-state index contributed by atoms with van der Waals surface area (Å²) in [6.07, 6.45) is 2.26. The Morgan fingerprint density at radius 3 is 2.84 bits per heavy atom. The van der Waals surface area contributed by atoms with E-state index in [9.17, 15) is 4.79 Å². The summed E-state index contributed by atoms with van der Waals surface area (Å²) < 4.78 is 0. The smallest absolute Gasteiger partial charge is 0.263 e. The minimum absolute atomic E-state index is 0.0820. The number of amides is 1. The van der Waals surface area contributed by atoms with Crippen molar-refractivity contribution in [1.29, 1.82) is 0 Å². The van der Waals surface area contributed by atoms with Crippen LogP contribution in [0.25, 0.3) is 0 Å². The number of nitrogens with zero attached hydrogens (tertiary/aromatic N) is 1. The van der Waals surface area contributed by atoms with E-state index in [1.807, 2.05) is 13.0 Å². The number of rotatable bonds is 4. The van der Waals surface area contributed by atoms with Crippen molar-refractivity contribution < 1.29 is 4.79 Å². The molecule has 106 valence electrons. The van der Waals surface area contributed by atoms with Crippen molar-refractivity contribution in [3.63, 3.8) is 0 Å². The van der Waals surface area contributed by atoms with E-state index >= 15 is 0 Å². The fourth-order valence-electron chi connectivity index (χ4n) is 2.25. The third-order valence-corrected chi connectivity index (χ3v) is 4.45. The first-order chi connectivity index (χ1) is 9.10. The number of thiophene rings is 1. The molecule has 2 rings (SSSR count). The monoisotopic (exact) mass is 282 g/mol. The van der Waals surface area contributed by atoms with Gasteiger partial charge in [-0.3, -0.25) is 4.79 Å². The number of likely N-dealkylation sites (tertiary alicyclic amines) is 1. The predicted octanol–water partition coefficient (Wildman–Crippen LogP) is 1.59. The maximum atomic E-state index is 11.8. The topological polar surface area (TPSA) is 70.4 Å². The van der Waals surface area contributed by atoms with E-state index in [2.05, 4.69) is 22.6 Å². The van der Waals surface area contributed by atoms with E-state index in [1.165, 1.54) is 11.3 Å². The average molecular weight is 282 g/mol. The van der Waals surface area contributed by atoms with Gasteiger partial charge in [0.15, 0.2) is 0 Å². The second-order valence-electron chi connectivity index (χ2n) is 4.98. The molecule has 1 aliphatic rings. The molecule has 19 heavy (non-hydrogen) atoms. The molecule has 2 heterocycles. The van der Waals surface area contributed by atoms with Crippen LogP contribution in [0.4, 0.5) is 10.7 Å². The molecule has 0 spiro atoms. The van der Waals surface area contributed by atoms with E-state index in [4.69, 9.17) is 5.73 Å². The number of anilines is 2. The summed E-state index contributed by atoms with van der Waals surface area (Å²) >= 11 is 1.44. The number of hydrogen-bond acceptors (Lipinski definition) is 5. The summed E-state index contributed by atoms with van der Waals surface area (Å²) in [5.74, 6) is -0.0820. The van der Waals surface area contributed by atoms with Crippen LogP contribution < -0.4 is 16.4 Å². The lowest BCUT2D eigenvalue weighted by Gasteiger charge is -2.29. The first-order valence-electron chi connectivity index (χ1n) is 6.72. The van der Waals surface area contributed by atoms with Gasteiger partial charge >= 0.3 is 0 Å². The van der Waals surface area contributed by atoms with Gasteiger partial charge in [0.1, 0.15) is 4.88 Å². The van der Waals surface area contributed by atoms with Crippen molar-refractivity contribution >= 4 is 27.9 Å². The molecule has 5 nitrogen and oxygen atoms in total. The van der Waals surface area contributed by atoms with Crippen LogP contribution in [0.15, 0.2) is 6.07 Å². The van der Waals surface area contributed by atoms with Crippen molar-refractivity contribution in [2.45, 2.75) is 25.8 Å². The third kappa shape index (κ3) is 3.61. The highest BCUT2D eigenvalue weighted by Crippen LogP contribution is 2.30. The Hall–Kier alpha value is -1.27. The molecule has 0 radical (unpaired) electrons. The Morgan fingerprint density at radius 1 is 1.53 bits per heavy atom. The molecule has 0 saturated carbocycles. The summed E-state index contributed by atoms with van der Waals surface area (Å²) in [4.78, 5) is 14.7. The highest BCUT2D eigenvalue weighted by Gasteiger charge is 2.19. The summed E-state index contributed by atoms with van der Waals surface area (Å²) in [6, 6.07) is 2.35. The van der Waals surface area contributed by atoms with Gasteiger partial charge < -0.3 is 21.3 Å². The van der Waals surface area contributed by atoms with Gasteiger partial charge in [0.2, 0.25) is 0 Å². The van der Waals surface area contributed by atoms with Crippen LogP contribution >= 0.6 is 11.3 Å². The molecule has 1 fully saturated rings. The maximum absolute atomic E-state index is 11.8. The summed E-state index contributed by atoms with van der Waals surface area (Å²) in [5, 5.41) is 7.27. The minimum Gasteiger partial charge on any atom is -0.397 e. The van der Waals surface area contributed by atoms with Crippen LogP contribution in [-0.4, -0.2) is 43.5 Å². The average Bonchev–Trinajstić information content (AvgIpc) is 2.74. The van der Waals surface area contributed by atoms with Gasteiger partial charge in [0.05, 0.1) is 10.7 Å². The lowest BCUT2D eigenvalue weighted by Crippen LogP contribution is -2.36. The maximum Gasteiger partial charge on any atom is 0.263 e. The van der Waals surface area contributed by atoms with Crippen LogP contribution in [0.3, 0.4) is 0 Å². The molecule has 1 saturated heterocycles. The number of piperidine rings is 1. The van der Waals surface area contributed by atoms with E-state index in [0.717, 1.165) is 30.9 Å². The minimum atomic E-state index is -0.0820. The molecule has 1 amide bonds. The molecule has 0 bridgehead atoms. The lowest BCUT2D eigenvalue weighted by molar-refractivity contribution is 0.0960. The van der Waals surface area contributed by atoms with Gasteiger partial charge in [-0.05, 0) is 46.0 Å². The quantitative estimate of drug-likeness (QED) is 0.784. The van der Waals surface area contributed by atoms with Crippen LogP contribution in [0.1, 0.15) is 29.4 Å². The Morgan fingerprint density at radius 2 is 2.21 bits per heavy atom. The zero-order valence-electron chi connectivity index (χ0n) is 11.5. The van der Waals surface area contributed by atoms with Crippen LogP contribution in [0, 0.1) is 0 Å². The van der Waals surface area contributed by atoms with Gasteiger partial charge in [-0.15, -0.1) is 11.3 Å². The Labute approximate surface area is 118 Å². The number of carbonyl (C=O) groups is 1. The second-order valence-corrected chi connectivity index (χ2v) is 6.03. The van der Waals surface area contributed by atoms with Crippen LogP contribution in [-0.2, 0) is 0 Å². The Kier molecular flexibility index (Phi) is 4.66. The molecule has 4 N–H and O–H groups in total. The normalized spacial score (nSPS) is 17.4. The van der Waals surface area contributed by atoms with Crippen molar-refractivity contribution in [1.82, 2.24) is 10.2 Å². The number of carbonyl (C=O) groups excluding carboxylic acids is 1. The first kappa shape index (κ1) is 14.1. The van der Waals surface area contributed by atoms with Crippen molar-refractivity contribution in [2.75, 3.05) is 37.7 Å². The molecule has 0 aromatic carbocycles. The van der Waals surface area contributed by atoms with Crippen molar-refractivity contribution in [3.05, 3.63) is 10.9 Å². The largest absolute Gasteiger partial charge is 0.397 e. The third-order valence-electron chi connectivity index (χ3n) is 3.37. The molecular weight excluding hydrogens is 260 g/mol. The molecule has 1 aliphatic heterocycles. The number of nitrogens with one attached hydrogen (secondary N) is 2. The fraction of sp³-hybridized carbons (Fsp3) is 0.615. The molecule has 0 atom stereocenters. The zero-order chi connectivity index (χ0) is 13.8. The van der Waals surface area contributed by atoms with E-state index in [1.54, 1.807) is 0 Å². The van der Waals surface area contributed by atoms with Crippen molar-refractivity contribution in [2.24, 2.45) is 0 Å². The van der Waals surface area contributed by atoms with Gasteiger partial charge in [0, 0.05) is 12.6 Å². The molecule has 1 aromatic heterocycles. The highest BCUT2D eigenvalue weighted by molar-refractivity contribution is 7.18. The molecular formula is C13H22N4OS. The number of nitrogens with two attached hydrogens (primary N) is 1. The molecule has 0 unspecified atom stereocenters. The predicted molar refractivity (Wildman–Crippen MR) is 80.9 cm³/mol. The number of nitrogen functional groups attached to an aromatic ring is 1. The molecule has 6 heteroatoms. The fourth-order valence-corrected chi connectivity index (χ4v) is 3.22. The summed E-state index contributed by atoms with van der Waals surface area (Å²) in [7, 11) is 2.15. The van der Waals surface area contributed by atoms with E-state index in [-0.39, 0.29) is 5.91 Å². The summed E-state index contributed by atoms with van der Waals surface area (Å²) in [5.41, 5.74) is 6.46. The van der Waals surface area contributed by atoms with E-state index in [0.29, 0.717) is 23.2 Å². The summed E-state index contributed by atoms with van der Waals surface area (Å²) in [6.45, 7) is 4.75. The van der Waals surface area contributed by atoms with Gasteiger partial charge in [-0.2, -0.15) is 0 Å². The second kappa shape index (κ2) is 6.25. The van der Waals surface area contributed by atoms with Gasteiger partial charge in [-0.25, -0.2) is 0 Å². The highest BCUT2D eigenvalue weighted by atomic mass is 32.1. The Balaban J connectivity index is 1.98. The molecule has 1 aromatic rings. The lowest BCUT2D eigenvalue weighted by atomic mass is 10.1. The zero-order valence-corrected chi connectivity index (χ0v) is 12.3. The van der Waals surface area contributed by atoms with Crippen LogP contribution in [0.5, 0.6) is 0 Å². The van der Waals surface area contributed by atoms with E-state index < -0.39 is 0 Å². The number of hydrogen-bond donors (Lipinski definition) is 3. The van der Waals surface area contributed by atoms with Crippen LogP contribution in [0.2, 0.25) is 0 Å². The van der Waals surface area contributed by atoms with Gasteiger partial charge in [-0.1, -0.05) is 0 Å². The SMILES string of the molecule is CCNC(=O)c1sc(NC2CCN(C)CC2)cc1N. The van der Waals surface area contributed by atoms with Gasteiger partial charge in [0.25, 0.3) is 5.91 Å². The van der Waals surface area contributed by atoms with Crippen molar-refractivity contribution in [3.8, 4) is 0 Å².